The van der Waals surface area contributed by atoms with Gasteiger partial charge in [0.25, 0.3) is 0 Å². The Morgan fingerprint density at radius 3 is 3.17 bits per heavy atom. The lowest BCUT2D eigenvalue weighted by molar-refractivity contribution is 0.319. The van der Waals surface area contributed by atoms with E-state index in [1.54, 1.807) is 0 Å². The molecule has 3 rings (SSSR count). The topological polar surface area (TPSA) is 24.9 Å². The van der Waals surface area contributed by atoms with Crippen molar-refractivity contribution in [1.82, 2.24) is 10.3 Å². The molecule has 1 aliphatic heterocycles. The van der Waals surface area contributed by atoms with Crippen molar-refractivity contribution < 1.29 is 0 Å². The molecular formula is C16H20N2. The van der Waals surface area contributed by atoms with Crippen LogP contribution in [0, 0.1) is 5.92 Å². The van der Waals surface area contributed by atoms with Gasteiger partial charge in [0, 0.05) is 17.8 Å². The first-order chi connectivity index (χ1) is 8.90. The molecule has 1 fully saturated rings. The van der Waals surface area contributed by atoms with Gasteiger partial charge in [0.1, 0.15) is 0 Å². The van der Waals surface area contributed by atoms with Crippen LogP contribution >= 0.6 is 0 Å². The zero-order valence-electron chi connectivity index (χ0n) is 10.9. The smallest absolute Gasteiger partial charge is 0.0346 e. The second-order valence-electron chi connectivity index (χ2n) is 5.21. The molecule has 2 nitrogen and oxygen atoms in total. The normalized spacial score (nSPS) is 24.3. The summed E-state index contributed by atoms with van der Waals surface area (Å²) < 4.78 is 0. The SMILES string of the molecule is CCC1CNCCC1c1cccc2cnccc12. The lowest BCUT2D eigenvalue weighted by atomic mass is 9.78. The minimum absolute atomic E-state index is 0.697. The zero-order valence-corrected chi connectivity index (χ0v) is 10.9. The summed E-state index contributed by atoms with van der Waals surface area (Å²) in [6.45, 7) is 4.60. The van der Waals surface area contributed by atoms with Gasteiger partial charge in [0.05, 0.1) is 0 Å². The van der Waals surface area contributed by atoms with Crippen molar-refractivity contribution >= 4 is 10.8 Å². The highest BCUT2D eigenvalue weighted by molar-refractivity contribution is 5.85. The van der Waals surface area contributed by atoms with Crippen LogP contribution in [0.25, 0.3) is 10.8 Å². The summed E-state index contributed by atoms with van der Waals surface area (Å²) in [5.74, 6) is 1.46. The molecule has 0 radical (unpaired) electrons. The highest BCUT2D eigenvalue weighted by atomic mass is 14.9. The van der Waals surface area contributed by atoms with Gasteiger partial charge in [-0.25, -0.2) is 0 Å². The second-order valence-corrected chi connectivity index (χ2v) is 5.21. The van der Waals surface area contributed by atoms with Crippen molar-refractivity contribution in [3.05, 3.63) is 42.2 Å². The van der Waals surface area contributed by atoms with Gasteiger partial charge in [-0.3, -0.25) is 4.98 Å². The van der Waals surface area contributed by atoms with Gasteiger partial charge in [0.2, 0.25) is 0 Å². The predicted molar refractivity (Wildman–Crippen MR) is 75.8 cm³/mol. The maximum atomic E-state index is 4.23. The van der Waals surface area contributed by atoms with E-state index in [0.29, 0.717) is 5.92 Å². The van der Waals surface area contributed by atoms with Crippen LogP contribution in [0.3, 0.4) is 0 Å². The number of hydrogen-bond acceptors (Lipinski definition) is 2. The summed E-state index contributed by atoms with van der Waals surface area (Å²) in [7, 11) is 0. The van der Waals surface area contributed by atoms with E-state index >= 15 is 0 Å². The van der Waals surface area contributed by atoms with E-state index in [1.807, 2.05) is 12.4 Å². The summed E-state index contributed by atoms with van der Waals surface area (Å²) in [6, 6.07) is 8.81. The van der Waals surface area contributed by atoms with Crippen molar-refractivity contribution in [1.29, 1.82) is 0 Å². The first-order valence-corrected chi connectivity index (χ1v) is 6.93. The van der Waals surface area contributed by atoms with E-state index in [-0.39, 0.29) is 0 Å². The average Bonchev–Trinajstić information content (AvgIpc) is 2.46. The Morgan fingerprint density at radius 2 is 2.28 bits per heavy atom. The van der Waals surface area contributed by atoms with E-state index in [2.05, 4.69) is 41.5 Å². The fraction of sp³-hybridized carbons (Fsp3) is 0.438. The molecule has 18 heavy (non-hydrogen) atoms. The van der Waals surface area contributed by atoms with Crippen molar-refractivity contribution in [2.45, 2.75) is 25.7 Å². The summed E-state index contributed by atoms with van der Waals surface area (Å²) in [4.78, 5) is 4.23. The molecule has 2 unspecified atom stereocenters. The molecule has 2 aromatic rings. The van der Waals surface area contributed by atoms with Gasteiger partial charge in [-0.05, 0) is 48.4 Å². The number of pyridine rings is 1. The minimum Gasteiger partial charge on any atom is -0.316 e. The third-order valence-corrected chi connectivity index (χ3v) is 4.25. The Labute approximate surface area is 108 Å². The first-order valence-electron chi connectivity index (χ1n) is 6.93. The number of fused-ring (bicyclic) bond motifs is 1. The Hall–Kier alpha value is -1.41. The van der Waals surface area contributed by atoms with Crippen molar-refractivity contribution in [3.63, 3.8) is 0 Å². The number of hydrogen-bond donors (Lipinski definition) is 1. The molecule has 1 aromatic carbocycles. The molecule has 1 saturated heterocycles. The van der Waals surface area contributed by atoms with Crippen LogP contribution in [0.4, 0.5) is 0 Å². The van der Waals surface area contributed by atoms with Gasteiger partial charge >= 0.3 is 0 Å². The van der Waals surface area contributed by atoms with Crippen LogP contribution in [0.5, 0.6) is 0 Å². The molecule has 0 saturated carbocycles. The van der Waals surface area contributed by atoms with E-state index < -0.39 is 0 Å². The van der Waals surface area contributed by atoms with E-state index in [0.717, 1.165) is 19.0 Å². The molecule has 94 valence electrons. The predicted octanol–water partition coefficient (Wildman–Crippen LogP) is 3.34. The summed E-state index contributed by atoms with van der Waals surface area (Å²) >= 11 is 0. The maximum absolute atomic E-state index is 4.23. The molecule has 1 aromatic heterocycles. The van der Waals surface area contributed by atoms with Crippen LogP contribution in [-0.2, 0) is 0 Å². The number of rotatable bonds is 2. The first kappa shape index (κ1) is 11.7. The van der Waals surface area contributed by atoms with Crippen LogP contribution in [0.2, 0.25) is 0 Å². The van der Waals surface area contributed by atoms with E-state index in [1.165, 1.54) is 29.2 Å². The van der Waals surface area contributed by atoms with Crippen LogP contribution in [-0.4, -0.2) is 18.1 Å². The lowest BCUT2D eigenvalue weighted by Crippen LogP contribution is -2.35. The quantitative estimate of drug-likeness (QED) is 0.871. The van der Waals surface area contributed by atoms with Crippen LogP contribution < -0.4 is 5.32 Å². The standard InChI is InChI=1S/C16H20N2/c1-2-12-10-17-8-6-14(12)16-5-3-4-13-11-18-9-7-15(13)16/h3-5,7,9,11-12,14,17H,2,6,8,10H2,1H3. The van der Waals surface area contributed by atoms with Gasteiger partial charge in [0.15, 0.2) is 0 Å². The number of nitrogens with one attached hydrogen (secondary N) is 1. The fourth-order valence-corrected chi connectivity index (χ4v) is 3.23. The number of benzene rings is 1. The maximum Gasteiger partial charge on any atom is 0.0346 e. The molecule has 0 spiro atoms. The van der Waals surface area contributed by atoms with Gasteiger partial charge in [-0.1, -0.05) is 31.5 Å². The number of piperidine rings is 1. The van der Waals surface area contributed by atoms with E-state index in [4.69, 9.17) is 0 Å². The van der Waals surface area contributed by atoms with Gasteiger partial charge in [-0.2, -0.15) is 0 Å². The zero-order chi connectivity index (χ0) is 12.4. The van der Waals surface area contributed by atoms with Gasteiger partial charge in [-0.15, -0.1) is 0 Å². The molecule has 1 N–H and O–H groups in total. The van der Waals surface area contributed by atoms with Crippen molar-refractivity contribution in [2.24, 2.45) is 5.92 Å². The Kier molecular flexibility index (Phi) is 3.28. The second kappa shape index (κ2) is 5.07. The summed E-state index contributed by atoms with van der Waals surface area (Å²) in [5, 5.41) is 6.18. The highest BCUT2D eigenvalue weighted by Gasteiger charge is 2.25. The third-order valence-electron chi connectivity index (χ3n) is 4.25. The molecule has 0 amide bonds. The molecule has 0 bridgehead atoms. The number of nitrogens with zero attached hydrogens (tertiary/aromatic N) is 1. The average molecular weight is 240 g/mol. The monoisotopic (exact) mass is 240 g/mol. The summed E-state index contributed by atoms with van der Waals surface area (Å²) in [5.41, 5.74) is 1.52. The Morgan fingerprint density at radius 1 is 1.33 bits per heavy atom. The third kappa shape index (κ3) is 2.01. The molecule has 2 heterocycles. The molecule has 2 atom stereocenters. The Bertz CT molecular complexity index is 530. The molecule has 2 heteroatoms. The molecular weight excluding hydrogens is 220 g/mol. The van der Waals surface area contributed by atoms with Crippen molar-refractivity contribution in [2.75, 3.05) is 13.1 Å². The van der Waals surface area contributed by atoms with Crippen LogP contribution in [0.15, 0.2) is 36.7 Å². The molecule has 0 aliphatic carbocycles. The van der Waals surface area contributed by atoms with Gasteiger partial charge < -0.3 is 5.32 Å². The lowest BCUT2D eigenvalue weighted by Gasteiger charge is -2.32. The highest BCUT2D eigenvalue weighted by Crippen LogP contribution is 2.35. The Balaban J connectivity index is 2.07. The van der Waals surface area contributed by atoms with Crippen LogP contribution in [0.1, 0.15) is 31.2 Å². The molecule has 1 aliphatic rings. The largest absolute Gasteiger partial charge is 0.316 e. The minimum atomic E-state index is 0.697. The summed E-state index contributed by atoms with van der Waals surface area (Å²) in [6.07, 6.45) is 6.38. The fourth-order valence-electron chi connectivity index (χ4n) is 3.23. The van der Waals surface area contributed by atoms with E-state index in [9.17, 15) is 0 Å². The number of aromatic nitrogens is 1. The van der Waals surface area contributed by atoms with Crippen molar-refractivity contribution in [3.8, 4) is 0 Å².